The molecule has 1 rings (SSSR count). The van der Waals surface area contributed by atoms with Gasteiger partial charge in [0.2, 0.25) is 0 Å². The Morgan fingerprint density at radius 1 is 1.50 bits per heavy atom. The minimum Gasteiger partial charge on any atom is -0.481 e. The highest BCUT2D eigenvalue weighted by Gasteiger charge is 2.20. The zero-order valence-electron chi connectivity index (χ0n) is 10.6. The van der Waals surface area contributed by atoms with Crippen molar-refractivity contribution in [1.29, 1.82) is 0 Å². The third kappa shape index (κ3) is 4.67. The number of nitrogens with two attached hydrogens (primary N) is 1. The minimum absolute atomic E-state index is 0.196. The molecule has 0 saturated carbocycles. The van der Waals surface area contributed by atoms with Gasteiger partial charge in [-0.15, -0.1) is 0 Å². The second-order valence-corrected chi connectivity index (χ2v) is 5.05. The van der Waals surface area contributed by atoms with E-state index in [9.17, 15) is 4.79 Å². The Labute approximate surface area is 113 Å². The van der Waals surface area contributed by atoms with Gasteiger partial charge in [0.1, 0.15) is 0 Å². The lowest BCUT2D eigenvalue weighted by Gasteiger charge is -2.19. The van der Waals surface area contributed by atoms with Crippen molar-refractivity contribution < 1.29 is 9.90 Å². The Morgan fingerprint density at radius 2 is 2.22 bits per heavy atom. The van der Waals surface area contributed by atoms with Crippen LogP contribution in [-0.4, -0.2) is 17.6 Å². The van der Waals surface area contributed by atoms with E-state index in [0.29, 0.717) is 12.3 Å². The number of carboxylic acid groups (broad SMARTS) is 1. The van der Waals surface area contributed by atoms with Crippen molar-refractivity contribution in [3.63, 3.8) is 0 Å². The van der Waals surface area contributed by atoms with Crippen molar-refractivity contribution in [2.45, 2.75) is 26.2 Å². The number of hydrogen-bond donors (Lipinski definition) is 2. The second-order valence-electron chi connectivity index (χ2n) is 4.61. The quantitative estimate of drug-likeness (QED) is 0.800. The van der Waals surface area contributed by atoms with E-state index in [1.54, 1.807) is 0 Å². The predicted octanol–water partition coefficient (Wildman–Crippen LogP) is 2.96. The molecule has 2 unspecified atom stereocenters. The summed E-state index contributed by atoms with van der Waals surface area (Å²) in [6.45, 7) is 2.27. The van der Waals surface area contributed by atoms with Gasteiger partial charge in [0.15, 0.2) is 0 Å². The number of carbonyl (C=O) groups is 1. The van der Waals surface area contributed by atoms with Gasteiger partial charge in [-0.05, 0) is 36.5 Å². The van der Waals surface area contributed by atoms with Gasteiger partial charge in [0, 0.05) is 11.6 Å². The molecule has 0 bridgehead atoms. The van der Waals surface area contributed by atoms with Crippen LogP contribution >= 0.6 is 11.6 Å². The second kappa shape index (κ2) is 7.39. The lowest BCUT2D eigenvalue weighted by atomic mass is 9.87. The van der Waals surface area contributed by atoms with Crippen molar-refractivity contribution >= 4 is 17.6 Å². The molecule has 0 heterocycles. The molecule has 0 radical (unpaired) electrons. The minimum atomic E-state index is -0.804. The van der Waals surface area contributed by atoms with Gasteiger partial charge in [-0.3, -0.25) is 4.79 Å². The Balaban J connectivity index is 2.64. The summed E-state index contributed by atoms with van der Waals surface area (Å²) in [5.74, 6) is -0.927. The molecule has 100 valence electrons. The summed E-state index contributed by atoms with van der Waals surface area (Å²) in [7, 11) is 0. The van der Waals surface area contributed by atoms with Crippen molar-refractivity contribution in [2.24, 2.45) is 17.6 Å². The number of carboxylic acids is 1. The lowest BCUT2D eigenvalue weighted by molar-refractivity contribution is -0.142. The predicted molar refractivity (Wildman–Crippen MR) is 73.7 cm³/mol. The topological polar surface area (TPSA) is 63.3 Å². The first-order chi connectivity index (χ1) is 8.56. The van der Waals surface area contributed by atoms with Crippen molar-refractivity contribution in [2.75, 3.05) is 6.54 Å². The zero-order valence-corrected chi connectivity index (χ0v) is 11.4. The smallest absolute Gasteiger partial charge is 0.307 e. The SMILES string of the molecule is CCC(Cc1cccc(Cl)c1)CC(CN)C(=O)O. The Hall–Kier alpha value is -1.06. The molecule has 2 atom stereocenters. The van der Waals surface area contributed by atoms with E-state index >= 15 is 0 Å². The van der Waals surface area contributed by atoms with E-state index in [-0.39, 0.29) is 6.54 Å². The molecule has 18 heavy (non-hydrogen) atoms. The Bertz CT molecular complexity index is 395. The third-order valence-corrected chi connectivity index (χ3v) is 3.48. The Kier molecular flexibility index (Phi) is 6.16. The van der Waals surface area contributed by atoms with Crippen LogP contribution in [0.15, 0.2) is 24.3 Å². The fourth-order valence-corrected chi connectivity index (χ4v) is 2.30. The molecule has 0 aromatic heterocycles. The molecular formula is C14H20ClNO2. The summed E-state index contributed by atoms with van der Waals surface area (Å²) in [6.07, 6.45) is 2.41. The monoisotopic (exact) mass is 269 g/mol. The van der Waals surface area contributed by atoms with Crippen LogP contribution in [0.5, 0.6) is 0 Å². The fourth-order valence-electron chi connectivity index (χ4n) is 2.09. The van der Waals surface area contributed by atoms with E-state index in [0.717, 1.165) is 23.4 Å². The fraction of sp³-hybridized carbons (Fsp3) is 0.500. The normalized spacial score (nSPS) is 14.2. The lowest BCUT2D eigenvalue weighted by Crippen LogP contribution is -2.26. The summed E-state index contributed by atoms with van der Waals surface area (Å²) in [4.78, 5) is 11.0. The van der Waals surface area contributed by atoms with Gasteiger partial charge in [-0.2, -0.15) is 0 Å². The molecular weight excluding hydrogens is 250 g/mol. The highest BCUT2D eigenvalue weighted by atomic mass is 35.5. The van der Waals surface area contributed by atoms with E-state index < -0.39 is 11.9 Å². The van der Waals surface area contributed by atoms with Crippen LogP contribution < -0.4 is 5.73 Å². The molecule has 0 aliphatic rings. The molecule has 1 aromatic rings. The van der Waals surface area contributed by atoms with E-state index in [2.05, 4.69) is 6.92 Å². The number of hydrogen-bond acceptors (Lipinski definition) is 2. The van der Waals surface area contributed by atoms with Crippen LogP contribution in [0.4, 0.5) is 0 Å². The third-order valence-electron chi connectivity index (χ3n) is 3.24. The molecule has 4 heteroatoms. The van der Waals surface area contributed by atoms with Crippen LogP contribution in [0.25, 0.3) is 0 Å². The summed E-state index contributed by atoms with van der Waals surface area (Å²) in [5.41, 5.74) is 6.64. The Morgan fingerprint density at radius 3 is 2.72 bits per heavy atom. The maximum atomic E-state index is 11.0. The first kappa shape index (κ1) is 15.0. The van der Waals surface area contributed by atoms with E-state index in [1.807, 2.05) is 24.3 Å². The van der Waals surface area contributed by atoms with E-state index in [1.165, 1.54) is 0 Å². The summed E-state index contributed by atoms with van der Waals surface area (Å²) in [6, 6.07) is 7.71. The number of rotatable bonds is 7. The summed E-state index contributed by atoms with van der Waals surface area (Å²) in [5, 5.41) is 9.75. The highest BCUT2D eigenvalue weighted by molar-refractivity contribution is 6.30. The average molecular weight is 270 g/mol. The highest BCUT2D eigenvalue weighted by Crippen LogP contribution is 2.22. The molecule has 3 nitrogen and oxygen atoms in total. The van der Waals surface area contributed by atoms with Crippen LogP contribution in [0.1, 0.15) is 25.3 Å². The van der Waals surface area contributed by atoms with Gasteiger partial charge in [-0.25, -0.2) is 0 Å². The molecule has 0 aliphatic heterocycles. The number of aliphatic carboxylic acids is 1. The standard InChI is InChI=1S/C14H20ClNO2/c1-2-10(7-12(9-16)14(17)18)6-11-4-3-5-13(15)8-11/h3-5,8,10,12H,2,6-7,9,16H2,1H3,(H,17,18). The first-order valence-corrected chi connectivity index (χ1v) is 6.61. The van der Waals surface area contributed by atoms with Crippen LogP contribution in [0, 0.1) is 11.8 Å². The van der Waals surface area contributed by atoms with Gasteiger partial charge in [0.05, 0.1) is 5.92 Å². The first-order valence-electron chi connectivity index (χ1n) is 6.24. The maximum absolute atomic E-state index is 11.0. The van der Waals surface area contributed by atoms with Crippen molar-refractivity contribution in [3.8, 4) is 0 Å². The maximum Gasteiger partial charge on any atom is 0.307 e. The van der Waals surface area contributed by atoms with E-state index in [4.69, 9.17) is 22.4 Å². The average Bonchev–Trinajstić information content (AvgIpc) is 2.34. The van der Waals surface area contributed by atoms with Gasteiger partial charge in [-0.1, -0.05) is 37.1 Å². The molecule has 0 aliphatic carbocycles. The summed E-state index contributed by atoms with van der Waals surface area (Å²) >= 11 is 5.94. The van der Waals surface area contributed by atoms with Crippen LogP contribution in [0.2, 0.25) is 5.02 Å². The summed E-state index contributed by atoms with van der Waals surface area (Å²) < 4.78 is 0. The van der Waals surface area contributed by atoms with Crippen molar-refractivity contribution in [1.82, 2.24) is 0 Å². The van der Waals surface area contributed by atoms with Gasteiger partial charge >= 0.3 is 5.97 Å². The molecule has 0 amide bonds. The molecule has 1 aromatic carbocycles. The molecule has 0 fully saturated rings. The molecule has 3 N–H and O–H groups in total. The largest absolute Gasteiger partial charge is 0.481 e. The van der Waals surface area contributed by atoms with Crippen LogP contribution in [0.3, 0.4) is 0 Å². The van der Waals surface area contributed by atoms with Crippen LogP contribution in [-0.2, 0) is 11.2 Å². The number of halogens is 1. The number of benzene rings is 1. The molecule has 0 saturated heterocycles. The van der Waals surface area contributed by atoms with Gasteiger partial charge < -0.3 is 10.8 Å². The van der Waals surface area contributed by atoms with Crippen molar-refractivity contribution in [3.05, 3.63) is 34.9 Å². The molecule has 0 spiro atoms. The zero-order chi connectivity index (χ0) is 13.5. The van der Waals surface area contributed by atoms with Gasteiger partial charge in [0.25, 0.3) is 0 Å².